The molecule has 0 aromatic heterocycles. The number of hydrogen-bond donors (Lipinski definition) is 0. The summed E-state index contributed by atoms with van der Waals surface area (Å²) in [6, 6.07) is 0. The predicted molar refractivity (Wildman–Crippen MR) is 110 cm³/mol. The van der Waals surface area contributed by atoms with Crippen molar-refractivity contribution in [3.63, 3.8) is 0 Å². The Bertz CT molecular complexity index is 567. The van der Waals surface area contributed by atoms with Crippen molar-refractivity contribution in [1.29, 1.82) is 0 Å². The minimum absolute atomic E-state index is 0.310. The zero-order valence-electron chi connectivity index (χ0n) is 17.8. The summed E-state index contributed by atoms with van der Waals surface area (Å²) in [5.74, 6) is 6.69. The molecule has 0 aromatic rings. The van der Waals surface area contributed by atoms with E-state index >= 15 is 0 Å². The normalized spacial score (nSPS) is 49.9. The van der Waals surface area contributed by atoms with Crippen LogP contribution < -0.4 is 0 Å². The summed E-state index contributed by atoms with van der Waals surface area (Å²) in [6.45, 7) is 7.07. The van der Waals surface area contributed by atoms with Gasteiger partial charge in [-0.05, 0) is 112 Å². The fraction of sp³-hybridized carbons (Fsp3) is 0.960. The van der Waals surface area contributed by atoms with Crippen molar-refractivity contribution in [3.8, 4) is 0 Å². The molecule has 0 aromatic carbocycles. The lowest BCUT2D eigenvalue weighted by Gasteiger charge is -2.56. The molecule has 27 heavy (non-hydrogen) atoms. The molecule has 152 valence electrons. The quantitative estimate of drug-likeness (QED) is 0.561. The van der Waals surface area contributed by atoms with Gasteiger partial charge in [-0.2, -0.15) is 0 Å². The smallest absolute Gasteiger partial charge is 0.226 e. The van der Waals surface area contributed by atoms with Crippen molar-refractivity contribution in [1.82, 2.24) is 4.90 Å². The van der Waals surface area contributed by atoms with E-state index in [4.69, 9.17) is 0 Å². The summed E-state index contributed by atoms with van der Waals surface area (Å²) in [7, 11) is 0. The minimum Gasteiger partial charge on any atom is -0.342 e. The topological polar surface area (TPSA) is 20.3 Å². The van der Waals surface area contributed by atoms with Crippen molar-refractivity contribution in [2.45, 2.75) is 90.9 Å². The summed E-state index contributed by atoms with van der Waals surface area (Å²) < 4.78 is 0. The lowest BCUT2D eigenvalue weighted by molar-refractivity contribution is -0.144. The van der Waals surface area contributed by atoms with Crippen LogP contribution in [-0.4, -0.2) is 23.9 Å². The molecule has 5 rings (SSSR count). The Morgan fingerprint density at radius 3 is 2.44 bits per heavy atom. The first-order valence-electron chi connectivity index (χ1n) is 12.4. The summed E-state index contributed by atoms with van der Waals surface area (Å²) in [4.78, 5) is 15.7. The lowest BCUT2D eigenvalue weighted by Crippen LogP contribution is -2.51. The van der Waals surface area contributed by atoms with Crippen LogP contribution in [0.15, 0.2) is 0 Å². The molecule has 4 aliphatic carbocycles. The molecule has 1 amide bonds. The van der Waals surface area contributed by atoms with Gasteiger partial charge in [0.15, 0.2) is 0 Å². The maximum atomic E-state index is 13.4. The Balaban J connectivity index is 1.33. The molecule has 2 heteroatoms. The van der Waals surface area contributed by atoms with E-state index in [-0.39, 0.29) is 0 Å². The Kier molecular flexibility index (Phi) is 4.84. The fourth-order valence-electron chi connectivity index (χ4n) is 8.83. The number of fused-ring (bicyclic) bond motifs is 5. The molecule has 4 saturated carbocycles. The molecule has 1 heterocycles. The molecule has 2 nitrogen and oxygen atoms in total. The van der Waals surface area contributed by atoms with Gasteiger partial charge in [-0.3, -0.25) is 4.79 Å². The molecular formula is C25H41NO. The van der Waals surface area contributed by atoms with Crippen LogP contribution in [0.2, 0.25) is 0 Å². The van der Waals surface area contributed by atoms with Gasteiger partial charge < -0.3 is 4.90 Å². The number of hydrogen-bond acceptors (Lipinski definition) is 1. The average molecular weight is 372 g/mol. The molecule has 1 saturated heterocycles. The second kappa shape index (κ2) is 7.06. The standard InChI is InChI=1S/C25H41NO/c1-17-6-8-19-18(16-17)7-9-21-20(19)12-13-25(2)22(21)10-11-23(25)24(27)26-14-4-3-5-15-26/h17-23H,3-16H2,1-2H3/t17?,18?,19?,20?,21?,22?,23-,25?/m1/s1. The molecule has 5 fully saturated rings. The Hall–Kier alpha value is -0.530. The van der Waals surface area contributed by atoms with Crippen LogP contribution in [0.1, 0.15) is 90.9 Å². The van der Waals surface area contributed by atoms with E-state index in [0.717, 1.165) is 48.6 Å². The van der Waals surface area contributed by atoms with Gasteiger partial charge in [0.2, 0.25) is 5.91 Å². The van der Waals surface area contributed by atoms with Crippen molar-refractivity contribution < 1.29 is 4.79 Å². The molecular weight excluding hydrogens is 330 g/mol. The molecule has 0 N–H and O–H groups in total. The maximum Gasteiger partial charge on any atom is 0.226 e. The van der Waals surface area contributed by atoms with Crippen LogP contribution in [0.5, 0.6) is 0 Å². The van der Waals surface area contributed by atoms with Crippen LogP contribution >= 0.6 is 0 Å². The largest absolute Gasteiger partial charge is 0.342 e. The third-order valence-corrected chi connectivity index (χ3v) is 10.2. The van der Waals surface area contributed by atoms with Crippen molar-refractivity contribution in [2.24, 2.45) is 46.8 Å². The Morgan fingerprint density at radius 1 is 0.852 bits per heavy atom. The monoisotopic (exact) mass is 371 g/mol. The fourth-order valence-corrected chi connectivity index (χ4v) is 8.83. The first kappa shape index (κ1) is 18.5. The molecule has 7 unspecified atom stereocenters. The number of piperidine rings is 1. The lowest BCUT2D eigenvalue weighted by atomic mass is 9.49. The van der Waals surface area contributed by atoms with Crippen LogP contribution in [0.3, 0.4) is 0 Å². The van der Waals surface area contributed by atoms with Gasteiger partial charge in [0.1, 0.15) is 0 Å². The molecule has 1 aliphatic heterocycles. The number of rotatable bonds is 1. The highest BCUT2D eigenvalue weighted by molar-refractivity contribution is 5.80. The van der Waals surface area contributed by atoms with Gasteiger partial charge in [0.25, 0.3) is 0 Å². The van der Waals surface area contributed by atoms with Gasteiger partial charge in [-0.15, -0.1) is 0 Å². The molecule has 0 radical (unpaired) electrons. The second-order valence-electron chi connectivity index (χ2n) is 11.4. The number of nitrogens with zero attached hydrogens (tertiary/aromatic N) is 1. The SMILES string of the molecule is CC1CCC2C(CCC3C2CCC2(C)C3CC[C@@H]2C(=O)N2CCCCC2)C1. The van der Waals surface area contributed by atoms with E-state index in [1.165, 1.54) is 77.0 Å². The van der Waals surface area contributed by atoms with Crippen molar-refractivity contribution in [3.05, 3.63) is 0 Å². The Morgan fingerprint density at radius 2 is 1.63 bits per heavy atom. The van der Waals surface area contributed by atoms with Crippen LogP contribution in [0.4, 0.5) is 0 Å². The highest BCUT2D eigenvalue weighted by Gasteiger charge is 2.58. The number of carbonyl (C=O) groups is 1. The van der Waals surface area contributed by atoms with Gasteiger partial charge in [0.05, 0.1) is 0 Å². The number of likely N-dealkylation sites (tertiary alicyclic amines) is 1. The number of carbonyl (C=O) groups excluding carboxylic acids is 1. The van der Waals surface area contributed by atoms with Crippen molar-refractivity contribution in [2.75, 3.05) is 13.1 Å². The molecule has 8 atom stereocenters. The highest BCUT2D eigenvalue weighted by atomic mass is 16.2. The molecule has 0 spiro atoms. The van der Waals surface area contributed by atoms with Crippen molar-refractivity contribution >= 4 is 5.91 Å². The highest BCUT2D eigenvalue weighted by Crippen LogP contribution is 2.64. The minimum atomic E-state index is 0.310. The van der Waals surface area contributed by atoms with Gasteiger partial charge in [-0.25, -0.2) is 0 Å². The Labute approximate surface area is 166 Å². The molecule has 0 bridgehead atoms. The summed E-state index contributed by atoms with van der Waals surface area (Å²) in [5.41, 5.74) is 0.310. The van der Waals surface area contributed by atoms with E-state index < -0.39 is 0 Å². The van der Waals surface area contributed by atoms with E-state index in [2.05, 4.69) is 18.7 Å². The van der Waals surface area contributed by atoms with E-state index in [9.17, 15) is 4.79 Å². The summed E-state index contributed by atoms with van der Waals surface area (Å²) in [5, 5.41) is 0. The van der Waals surface area contributed by atoms with Gasteiger partial charge >= 0.3 is 0 Å². The van der Waals surface area contributed by atoms with Crippen LogP contribution in [0.25, 0.3) is 0 Å². The first-order valence-corrected chi connectivity index (χ1v) is 12.4. The molecule has 5 aliphatic rings. The summed E-state index contributed by atoms with van der Waals surface area (Å²) >= 11 is 0. The third-order valence-electron chi connectivity index (χ3n) is 10.2. The van der Waals surface area contributed by atoms with E-state index in [0.29, 0.717) is 17.2 Å². The zero-order valence-corrected chi connectivity index (χ0v) is 17.8. The van der Waals surface area contributed by atoms with Crippen LogP contribution in [-0.2, 0) is 4.79 Å². The maximum absolute atomic E-state index is 13.4. The second-order valence-corrected chi connectivity index (χ2v) is 11.4. The zero-order chi connectivity index (χ0) is 18.6. The first-order chi connectivity index (χ1) is 13.1. The van der Waals surface area contributed by atoms with Crippen LogP contribution in [0, 0.1) is 46.8 Å². The number of amides is 1. The summed E-state index contributed by atoms with van der Waals surface area (Å²) in [6.07, 6.45) is 16.5. The predicted octanol–water partition coefficient (Wildman–Crippen LogP) is 5.90. The third kappa shape index (κ3) is 2.99. The van der Waals surface area contributed by atoms with E-state index in [1.807, 2.05) is 0 Å². The average Bonchev–Trinajstić information content (AvgIpc) is 3.05. The van der Waals surface area contributed by atoms with E-state index in [1.54, 1.807) is 0 Å². The van der Waals surface area contributed by atoms with Gasteiger partial charge in [0, 0.05) is 19.0 Å². The van der Waals surface area contributed by atoms with Gasteiger partial charge in [-0.1, -0.05) is 20.3 Å².